The van der Waals surface area contributed by atoms with Crippen molar-refractivity contribution in [3.05, 3.63) is 93.9 Å². The molecule has 0 saturated carbocycles. The van der Waals surface area contributed by atoms with Crippen LogP contribution < -0.4 is 5.56 Å². The van der Waals surface area contributed by atoms with Crippen LogP contribution in [-0.2, 0) is 6.54 Å². The first-order valence-electron chi connectivity index (χ1n) is 7.22. The number of nitrogens with zero attached hydrogens (tertiary/aromatic N) is 2. The van der Waals surface area contributed by atoms with Crippen molar-refractivity contribution in [1.82, 2.24) is 4.57 Å². The zero-order valence-corrected chi connectivity index (χ0v) is 12.5. The van der Waals surface area contributed by atoms with E-state index in [1.54, 1.807) is 36.5 Å². The van der Waals surface area contributed by atoms with Crippen molar-refractivity contribution in [2.75, 3.05) is 0 Å². The molecule has 3 rings (SSSR count). The molecule has 118 valence electrons. The number of pyridine rings is 1. The highest BCUT2D eigenvalue weighted by atomic mass is 19.2. The van der Waals surface area contributed by atoms with Crippen LogP contribution in [0.4, 0.5) is 8.78 Å². The molecule has 3 aromatic rings. The van der Waals surface area contributed by atoms with Gasteiger partial charge in [-0.15, -0.1) is 0 Å². The highest BCUT2D eigenvalue weighted by Crippen LogP contribution is 2.19. The van der Waals surface area contributed by atoms with Gasteiger partial charge in [-0.3, -0.25) is 4.79 Å². The van der Waals surface area contributed by atoms with Crippen molar-refractivity contribution in [3.63, 3.8) is 0 Å². The predicted molar refractivity (Wildman–Crippen MR) is 86.3 cm³/mol. The summed E-state index contributed by atoms with van der Waals surface area (Å²) in [5.41, 5.74) is 2.45. The SMILES string of the molecule is N#Cc1ccc(-c2ccc(=O)n(Cc3ccc(F)c(F)c3)c2)cc1. The van der Waals surface area contributed by atoms with E-state index in [4.69, 9.17) is 5.26 Å². The molecule has 0 spiro atoms. The molecule has 24 heavy (non-hydrogen) atoms. The van der Waals surface area contributed by atoms with E-state index in [0.717, 1.165) is 23.3 Å². The summed E-state index contributed by atoms with van der Waals surface area (Å²) >= 11 is 0. The molecular weight excluding hydrogens is 310 g/mol. The van der Waals surface area contributed by atoms with Crippen LogP contribution in [0.3, 0.4) is 0 Å². The third kappa shape index (κ3) is 3.23. The first-order valence-corrected chi connectivity index (χ1v) is 7.22. The number of hydrogen-bond donors (Lipinski definition) is 0. The second kappa shape index (κ2) is 6.47. The number of aromatic nitrogens is 1. The molecule has 0 amide bonds. The number of halogens is 2. The average molecular weight is 322 g/mol. The minimum atomic E-state index is -0.941. The smallest absolute Gasteiger partial charge is 0.250 e. The first-order chi connectivity index (χ1) is 11.6. The van der Waals surface area contributed by atoms with Crippen LogP contribution in [0.5, 0.6) is 0 Å². The molecule has 3 nitrogen and oxygen atoms in total. The maximum Gasteiger partial charge on any atom is 0.250 e. The van der Waals surface area contributed by atoms with Crippen LogP contribution in [0.1, 0.15) is 11.1 Å². The van der Waals surface area contributed by atoms with E-state index in [-0.39, 0.29) is 12.1 Å². The summed E-state index contributed by atoms with van der Waals surface area (Å²) in [5.74, 6) is -1.86. The lowest BCUT2D eigenvalue weighted by Crippen LogP contribution is -2.19. The van der Waals surface area contributed by atoms with Crippen molar-refractivity contribution < 1.29 is 8.78 Å². The fourth-order valence-electron chi connectivity index (χ4n) is 2.40. The van der Waals surface area contributed by atoms with Gasteiger partial charge in [-0.1, -0.05) is 18.2 Å². The van der Waals surface area contributed by atoms with Crippen molar-refractivity contribution in [2.45, 2.75) is 6.54 Å². The standard InChI is InChI=1S/C19H12F2N2O/c20-17-7-3-14(9-18(17)21)11-23-12-16(6-8-19(23)24)15-4-1-13(10-22)2-5-15/h1-9,12H,11H2. The molecule has 5 heteroatoms. The Morgan fingerprint density at radius 3 is 2.29 bits per heavy atom. The Bertz CT molecular complexity index is 985. The summed E-state index contributed by atoms with van der Waals surface area (Å²) in [7, 11) is 0. The van der Waals surface area contributed by atoms with Crippen LogP contribution in [0.2, 0.25) is 0 Å². The van der Waals surface area contributed by atoms with E-state index in [2.05, 4.69) is 0 Å². The summed E-state index contributed by atoms with van der Waals surface area (Å²) in [6.07, 6.45) is 1.66. The van der Waals surface area contributed by atoms with Gasteiger partial charge in [0.2, 0.25) is 0 Å². The lowest BCUT2D eigenvalue weighted by molar-refractivity contribution is 0.506. The lowest BCUT2D eigenvalue weighted by Gasteiger charge is -2.09. The lowest BCUT2D eigenvalue weighted by atomic mass is 10.1. The van der Waals surface area contributed by atoms with Crippen molar-refractivity contribution in [1.29, 1.82) is 5.26 Å². The summed E-state index contributed by atoms with van der Waals surface area (Å²) in [4.78, 5) is 12.0. The molecule has 0 N–H and O–H groups in total. The Morgan fingerprint density at radius 2 is 1.62 bits per heavy atom. The zero-order chi connectivity index (χ0) is 17.1. The minimum Gasteiger partial charge on any atom is -0.310 e. The van der Waals surface area contributed by atoms with E-state index >= 15 is 0 Å². The Balaban J connectivity index is 1.95. The molecule has 1 heterocycles. The molecular formula is C19H12F2N2O. The molecule has 0 aliphatic heterocycles. The van der Waals surface area contributed by atoms with E-state index in [0.29, 0.717) is 11.1 Å². The second-order valence-corrected chi connectivity index (χ2v) is 5.32. The molecule has 0 unspecified atom stereocenters. The van der Waals surface area contributed by atoms with Gasteiger partial charge in [0.25, 0.3) is 5.56 Å². The zero-order valence-electron chi connectivity index (χ0n) is 12.5. The third-order valence-corrected chi connectivity index (χ3v) is 3.67. The van der Waals surface area contributed by atoms with Crippen LogP contribution >= 0.6 is 0 Å². The topological polar surface area (TPSA) is 45.8 Å². The van der Waals surface area contributed by atoms with E-state index in [1.165, 1.54) is 16.7 Å². The van der Waals surface area contributed by atoms with E-state index in [1.807, 2.05) is 6.07 Å². The molecule has 0 aliphatic carbocycles. The van der Waals surface area contributed by atoms with Gasteiger partial charge in [0.1, 0.15) is 0 Å². The van der Waals surface area contributed by atoms with Gasteiger partial charge in [0.05, 0.1) is 18.2 Å². The van der Waals surface area contributed by atoms with Crippen LogP contribution in [0.15, 0.2) is 65.6 Å². The average Bonchev–Trinajstić information content (AvgIpc) is 2.60. The number of rotatable bonds is 3. The van der Waals surface area contributed by atoms with Gasteiger partial charge in [0, 0.05) is 12.3 Å². The van der Waals surface area contributed by atoms with Crippen molar-refractivity contribution in [2.24, 2.45) is 0 Å². The van der Waals surface area contributed by atoms with Gasteiger partial charge in [-0.2, -0.15) is 5.26 Å². The van der Waals surface area contributed by atoms with Crippen molar-refractivity contribution in [3.8, 4) is 17.2 Å². The number of nitriles is 1. The highest BCUT2D eigenvalue weighted by Gasteiger charge is 2.06. The second-order valence-electron chi connectivity index (χ2n) is 5.32. The fourth-order valence-corrected chi connectivity index (χ4v) is 2.40. The summed E-state index contributed by atoms with van der Waals surface area (Å²) in [6.45, 7) is 0.139. The summed E-state index contributed by atoms with van der Waals surface area (Å²) in [5, 5.41) is 8.83. The van der Waals surface area contributed by atoms with Gasteiger partial charge in [-0.05, 0) is 47.0 Å². The quantitative estimate of drug-likeness (QED) is 0.738. The molecule has 0 aliphatic rings. The van der Waals surface area contributed by atoms with Crippen LogP contribution in [-0.4, -0.2) is 4.57 Å². The predicted octanol–water partition coefficient (Wildman–Crippen LogP) is 3.71. The van der Waals surface area contributed by atoms with E-state index < -0.39 is 11.6 Å². The molecule has 0 radical (unpaired) electrons. The van der Waals surface area contributed by atoms with Gasteiger partial charge >= 0.3 is 0 Å². The third-order valence-electron chi connectivity index (χ3n) is 3.67. The molecule has 0 atom stereocenters. The van der Waals surface area contributed by atoms with Crippen LogP contribution in [0.25, 0.3) is 11.1 Å². The van der Waals surface area contributed by atoms with Crippen LogP contribution in [0, 0.1) is 23.0 Å². The highest BCUT2D eigenvalue weighted by molar-refractivity contribution is 5.63. The summed E-state index contributed by atoms with van der Waals surface area (Å²) < 4.78 is 27.7. The molecule has 1 aromatic heterocycles. The van der Waals surface area contributed by atoms with Gasteiger partial charge < -0.3 is 4.57 Å². The van der Waals surface area contributed by atoms with Gasteiger partial charge in [0.15, 0.2) is 11.6 Å². The number of benzene rings is 2. The molecule has 2 aromatic carbocycles. The van der Waals surface area contributed by atoms with E-state index in [9.17, 15) is 13.6 Å². The maximum absolute atomic E-state index is 13.3. The maximum atomic E-state index is 13.3. The largest absolute Gasteiger partial charge is 0.310 e. The normalized spacial score (nSPS) is 10.4. The Kier molecular flexibility index (Phi) is 4.21. The molecule has 0 bridgehead atoms. The van der Waals surface area contributed by atoms with Gasteiger partial charge in [-0.25, -0.2) is 8.78 Å². The Morgan fingerprint density at radius 1 is 0.917 bits per heavy atom. The molecule has 0 saturated heterocycles. The molecule has 0 fully saturated rings. The number of hydrogen-bond acceptors (Lipinski definition) is 2. The Labute approximate surface area is 137 Å². The monoisotopic (exact) mass is 322 g/mol. The van der Waals surface area contributed by atoms with Crippen molar-refractivity contribution >= 4 is 0 Å². The Hall–Kier alpha value is -3.26. The minimum absolute atomic E-state index is 0.139. The summed E-state index contributed by atoms with van der Waals surface area (Å²) in [6, 6.07) is 15.7. The fraction of sp³-hybridized carbons (Fsp3) is 0.0526. The first kappa shape index (κ1) is 15.6.